The van der Waals surface area contributed by atoms with Crippen LogP contribution in [0.4, 0.5) is 0 Å². The number of nitrogens with one attached hydrogen (secondary N) is 1. The fourth-order valence-electron chi connectivity index (χ4n) is 3.17. The van der Waals surface area contributed by atoms with E-state index in [9.17, 15) is 5.11 Å². The minimum Gasteiger partial charge on any atom is -0.394 e. The Labute approximate surface area is 114 Å². The summed E-state index contributed by atoms with van der Waals surface area (Å²) in [7, 11) is 0. The summed E-state index contributed by atoms with van der Waals surface area (Å²) in [6.45, 7) is 0.157. The van der Waals surface area contributed by atoms with E-state index in [1.807, 2.05) is 0 Å². The highest BCUT2D eigenvalue weighted by Crippen LogP contribution is 2.27. The minimum atomic E-state index is 0.0502. The number of hydrogen-bond acceptors (Lipinski definition) is 2. The summed E-state index contributed by atoms with van der Waals surface area (Å²) in [5.74, 6) is 0. The predicted molar refractivity (Wildman–Crippen MR) is 79.2 cm³/mol. The lowest BCUT2D eigenvalue weighted by atomic mass is 9.98. The quantitative estimate of drug-likeness (QED) is 0.877. The molecule has 0 saturated heterocycles. The molecule has 2 nitrogen and oxygen atoms in total. The maximum Gasteiger partial charge on any atom is 0.0626 e. The van der Waals surface area contributed by atoms with Crippen molar-refractivity contribution in [3.63, 3.8) is 0 Å². The molecule has 0 radical (unpaired) electrons. The first kappa shape index (κ1) is 12.6. The maximum absolute atomic E-state index is 9.74. The molecule has 0 aliphatic heterocycles. The van der Waals surface area contributed by atoms with Gasteiger partial charge in [0.15, 0.2) is 0 Å². The number of aliphatic hydroxyl groups excluding tert-OH is 1. The Morgan fingerprint density at radius 2 is 1.79 bits per heavy atom. The van der Waals surface area contributed by atoms with Gasteiger partial charge in [-0.25, -0.2) is 0 Å². The highest BCUT2D eigenvalue weighted by atomic mass is 16.3. The number of rotatable bonds is 4. The molecule has 19 heavy (non-hydrogen) atoms. The van der Waals surface area contributed by atoms with Crippen molar-refractivity contribution in [1.82, 2.24) is 5.32 Å². The first-order valence-electron chi connectivity index (χ1n) is 7.23. The Bertz CT molecular complexity index is 540. The molecule has 2 aromatic carbocycles. The van der Waals surface area contributed by atoms with E-state index in [2.05, 4.69) is 47.8 Å². The SMILES string of the molecule is OCC(NC1CCCC1)c1cccc2ccccc12. The van der Waals surface area contributed by atoms with Crippen LogP contribution < -0.4 is 5.32 Å². The standard InChI is InChI=1S/C17H21NO/c19-12-17(18-14-8-2-3-9-14)16-11-5-7-13-6-1-4-10-15(13)16/h1,4-7,10-11,14,17-19H,2-3,8-9,12H2. The smallest absolute Gasteiger partial charge is 0.0626 e. The minimum absolute atomic E-state index is 0.0502. The Hall–Kier alpha value is -1.38. The van der Waals surface area contributed by atoms with Crippen LogP contribution in [0.3, 0.4) is 0 Å². The zero-order valence-corrected chi connectivity index (χ0v) is 11.2. The molecule has 2 aromatic rings. The molecule has 1 fully saturated rings. The van der Waals surface area contributed by atoms with Gasteiger partial charge in [0.1, 0.15) is 0 Å². The van der Waals surface area contributed by atoms with E-state index in [0.29, 0.717) is 6.04 Å². The molecule has 0 aromatic heterocycles. The number of fused-ring (bicyclic) bond motifs is 1. The van der Waals surface area contributed by atoms with E-state index in [-0.39, 0.29) is 12.6 Å². The van der Waals surface area contributed by atoms with Gasteiger partial charge in [-0.15, -0.1) is 0 Å². The summed E-state index contributed by atoms with van der Waals surface area (Å²) < 4.78 is 0. The molecule has 1 unspecified atom stereocenters. The van der Waals surface area contributed by atoms with Crippen LogP contribution in [0.2, 0.25) is 0 Å². The predicted octanol–water partition coefficient (Wildman–Crippen LogP) is 3.41. The van der Waals surface area contributed by atoms with Crippen molar-refractivity contribution in [3.8, 4) is 0 Å². The molecule has 2 heteroatoms. The van der Waals surface area contributed by atoms with E-state index in [0.717, 1.165) is 0 Å². The molecule has 2 N–H and O–H groups in total. The average Bonchev–Trinajstić information content (AvgIpc) is 2.97. The summed E-state index contributed by atoms with van der Waals surface area (Å²) in [4.78, 5) is 0. The van der Waals surface area contributed by atoms with Gasteiger partial charge in [-0.3, -0.25) is 0 Å². The van der Waals surface area contributed by atoms with Gasteiger partial charge in [-0.05, 0) is 29.2 Å². The van der Waals surface area contributed by atoms with E-state index in [1.54, 1.807) is 0 Å². The Morgan fingerprint density at radius 1 is 1.05 bits per heavy atom. The molecule has 1 aliphatic rings. The number of benzene rings is 2. The molecule has 1 saturated carbocycles. The van der Waals surface area contributed by atoms with E-state index >= 15 is 0 Å². The average molecular weight is 255 g/mol. The highest BCUT2D eigenvalue weighted by Gasteiger charge is 2.20. The van der Waals surface area contributed by atoms with Crippen molar-refractivity contribution in [2.24, 2.45) is 0 Å². The monoisotopic (exact) mass is 255 g/mol. The molecule has 3 rings (SSSR count). The lowest BCUT2D eigenvalue weighted by Crippen LogP contribution is -2.32. The van der Waals surface area contributed by atoms with Gasteiger partial charge in [0.25, 0.3) is 0 Å². The second-order valence-electron chi connectivity index (χ2n) is 5.45. The molecular weight excluding hydrogens is 234 g/mol. The van der Waals surface area contributed by atoms with Crippen LogP contribution in [-0.2, 0) is 0 Å². The van der Waals surface area contributed by atoms with Crippen LogP contribution in [0.1, 0.15) is 37.3 Å². The molecule has 0 amide bonds. The van der Waals surface area contributed by atoms with Gasteiger partial charge in [-0.1, -0.05) is 55.3 Å². The van der Waals surface area contributed by atoms with Gasteiger partial charge in [0.05, 0.1) is 12.6 Å². The molecule has 0 heterocycles. The van der Waals surface area contributed by atoms with Crippen LogP contribution in [0, 0.1) is 0 Å². The van der Waals surface area contributed by atoms with Gasteiger partial charge in [-0.2, -0.15) is 0 Å². The van der Waals surface area contributed by atoms with Crippen molar-refractivity contribution >= 4 is 10.8 Å². The highest BCUT2D eigenvalue weighted by molar-refractivity contribution is 5.86. The Balaban J connectivity index is 1.91. The maximum atomic E-state index is 9.74. The van der Waals surface area contributed by atoms with E-state index in [1.165, 1.54) is 42.0 Å². The van der Waals surface area contributed by atoms with Crippen molar-refractivity contribution in [2.45, 2.75) is 37.8 Å². The van der Waals surface area contributed by atoms with Gasteiger partial charge in [0.2, 0.25) is 0 Å². The van der Waals surface area contributed by atoms with Crippen molar-refractivity contribution < 1.29 is 5.11 Å². The Morgan fingerprint density at radius 3 is 2.58 bits per heavy atom. The van der Waals surface area contributed by atoms with Crippen molar-refractivity contribution in [1.29, 1.82) is 0 Å². The normalized spacial score (nSPS) is 17.9. The molecule has 1 aliphatic carbocycles. The summed E-state index contributed by atoms with van der Waals surface area (Å²) in [5.41, 5.74) is 1.22. The lowest BCUT2D eigenvalue weighted by molar-refractivity contribution is 0.234. The first-order chi connectivity index (χ1) is 9.38. The van der Waals surface area contributed by atoms with Gasteiger partial charge >= 0.3 is 0 Å². The second kappa shape index (κ2) is 5.72. The third kappa shape index (κ3) is 2.65. The second-order valence-corrected chi connectivity index (χ2v) is 5.45. The molecule has 0 bridgehead atoms. The fraction of sp³-hybridized carbons (Fsp3) is 0.412. The zero-order chi connectivity index (χ0) is 13.1. The lowest BCUT2D eigenvalue weighted by Gasteiger charge is -2.22. The van der Waals surface area contributed by atoms with Crippen LogP contribution in [0.15, 0.2) is 42.5 Å². The van der Waals surface area contributed by atoms with Crippen LogP contribution in [-0.4, -0.2) is 17.8 Å². The van der Waals surface area contributed by atoms with E-state index < -0.39 is 0 Å². The third-order valence-electron chi connectivity index (χ3n) is 4.17. The first-order valence-corrected chi connectivity index (χ1v) is 7.23. The van der Waals surface area contributed by atoms with Crippen molar-refractivity contribution in [2.75, 3.05) is 6.61 Å². The number of aliphatic hydroxyl groups is 1. The van der Waals surface area contributed by atoms with Crippen LogP contribution in [0.5, 0.6) is 0 Å². The summed E-state index contributed by atoms with van der Waals surface area (Å²) in [6, 6.07) is 15.3. The van der Waals surface area contributed by atoms with E-state index in [4.69, 9.17) is 0 Å². The Kier molecular flexibility index (Phi) is 3.81. The van der Waals surface area contributed by atoms with Gasteiger partial charge in [0, 0.05) is 6.04 Å². The molecule has 1 atom stereocenters. The molecule has 0 spiro atoms. The summed E-state index contributed by atoms with van der Waals surface area (Å²) in [5, 5.41) is 15.8. The number of hydrogen-bond donors (Lipinski definition) is 2. The zero-order valence-electron chi connectivity index (χ0n) is 11.2. The largest absolute Gasteiger partial charge is 0.394 e. The van der Waals surface area contributed by atoms with Gasteiger partial charge < -0.3 is 10.4 Å². The molecule has 100 valence electrons. The third-order valence-corrected chi connectivity index (χ3v) is 4.17. The molecular formula is C17H21NO. The summed E-state index contributed by atoms with van der Waals surface area (Å²) >= 11 is 0. The van der Waals surface area contributed by atoms with Crippen LogP contribution in [0.25, 0.3) is 10.8 Å². The fourth-order valence-corrected chi connectivity index (χ4v) is 3.17. The topological polar surface area (TPSA) is 32.3 Å². The van der Waals surface area contributed by atoms with Crippen LogP contribution >= 0.6 is 0 Å². The van der Waals surface area contributed by atoms with Crippen molar-refractivity contribution in [3.05, 3.63) is 48.0 Å². The summed E-state index contributed by atoms with van der Waals surface area (Å²) in [6.07, 6.45) is 5.10.